The Morgan fingerprint density at radius 2 is 1.59 bits per heavy atom. The third-order valence-corrected chi connectivity index (χ3v) is 6.03. The second-order valence-corrected chi connectivity index (χ2v) is 8.95. The number of benzene rings is 4. The standard InChI is InChI=1S/C29H22BrFN2O4/c1-34-26-15-22-24(32-18-33-28(22)36-25-13-12-21(30)14-23(25)31)16-27(26)37-29(20-10-6-3-7-11-20)35-17-19-8-4-2-5-9-19/h2-16,18,29H,17H2,1H3. The molecule has 0 aliphatic heterocycles. The first-order valence-corrected chi connectivity index (χ1v) is 12.2. The summed E-state index contributed by atoms with van der Waals surface area (Å²) in [5.74, 6) is 0.565. The van der Waals surface area contributed by atoms with Crippen molar-refractivity contribution in [2.45, 2.75) is 12.9 Å². The first-order valence-electron chi connectivity index (χ1n) is 11.4. The van der Waals surface area contributed by atoms with Gasteiger partial charge in [-0.15, -0.1) is 0 Å². The number of hydrogen-bond donors (Lipinski definition) is 0. The van der Waals surface area contributed by atoms with E-state index in [1.807, 2.05) is 60.7 Å². The Kier molecular flexibility index (Phi) is 7.58. The van der Waals surface area contributed by atoms with Crippen molar-refractivity contribution in [3.63, 3.8) is 0 Å². The lowest BCUT2D eigenvalue weighted by molar-refractivity contribution is -0.0936. The molecule has 1 heterocycles. The van der Waals surface area contributed by atoms with Crippen LogP contribution in [0.5, 0.6) is 23.1 Å². The molecule has 5 aromatic rings. The van der Waals surface area contributed by atoms with Crippen molar-refractivity contribution < 1.29 is 23.3 Å². The maximum absolute atomic E-state index is 14.4. The van der Waals surface area contributed by atoms with E-state index in [2.05, 4.69) is 25.9 Å². The van der Waals surface area contributed by atoms with Gasteiger partial charge in [-0.2, -0.15) is 0 Å². The number of fused-ring (bicyclic) bond motifs is 1. The largest absolute Gasteiger partial charge is 0.493 e. The van der Waals surface area contributed by atoms with Crippen LogP contribution in [0.15, 0.2) is 102 Å². The van der Waals surface area contributed by atoms with Gasteiger partial charge in [-0.3, -0.25) is 0 Å². The van der Waals surface area contributed by atoms with Crippen LogP contribution in [-0.2, 0) is 11.3 Å². The fraction of sp³-hybridized carbons (Fsp3) is 0.103. The van der Waals surface area contributed by atoms with Crippen molar-refractivity contribution >= 4 is 26.8 Å². The van der Waals surface area contributed by atoms with Crippen LogP contribution in [0.1, 0.15) is 17.4 Å². The van der Waals surface area contributed by atoms with Gasteiger partial charge >= 0.3 is 0 Å². The lowest BCUT2D eigenvalue weighted by atomic mass is 10.2. The molecule has 186 valence electrons. The molecule has 8 heteroatoms. The molecule has 5 rings (SSSR count). The maximum Gasteiger partial charge on any atom is 0.230 e. The van der Waals surface area contributed by atoms with Crippen LogP contribution < -0.4 is 14.2 Å². The van der Waals surface area contributed by atoms with Crippen LogP contribution in [0.2, 0.25) is 0 Å². The summed E-state index contributed by atoms with van der Waals surface area (Å²) in [5.41, 5.74) is 2.40. The average Bonchev–Trinajstić information content (AvgIpc) is 2.93. The van der Waals surface area contributed by atoms with Gasteiger partial charge in [-0.1, -0.05) is 76.6 Å². The summed E-state index contributed by atoms with van der Waals surface area (Å²) in [7, 11) is 1.54. The SMILES string of the molecule is COc1cc2c(Oc3ccc(Br)cc3F)ncnc2cc1OC(OCc1ccccc1)c1ccccc1. The monoisotopic (exact) mass is 560 g/mol. The lowest BCUT2D eigenvalue weighted by Crippen LogP contribution is -2.12. The van der Waals surface area contributed by atoms with Crippen molar-refractivity contribution in [1.82, 2.24) is 9.97 Å². The summed E-state index contributed by atoms with van der Waals surface area (Å²) in [4.78, 5) is 8.57. The molecule has 0 spiro atoms. The summed E-state index contributed by atoms with van der Waals surface area (Å²) >= 11 is 3.25. The Morgan fingerprint density at radius 1 is 0.838 bits per heavy atom. The zero-order valence-corrected chi connectivity index (χ0v) is 21.4. The summed E-state index contributed by atoms with van der Waals surface area (Å²) in [6.45, 7) is 0.356. The molecule has 37 heavy (non-hydrogen) atoms. The highest BCUT2D eigenvalue weighted by molar-refractivity contribution is 9.10. The van der Waals surface area contributed by atoms with E-state index in [1.165, 1.54) is 25.6 Å². The number of rotatable bonds is 9. The Labute approximate surface area is 221 Å². The topological polar surface area (TPSA) is 62.7 Å². The van der Waals surface area contributed by atoms with Crippen LogP contribution >= 0.6 is 15.9 Å². The number of aromatic nitrogens is 2. The maximum atomic E-state index is 14.4. The molecule has 1 aromatic heterocycles. The molecule has 0 bridgehead atoms. The summed E-state index contributed by atoms with van der Waals surface area (Å²) in [5, 5.41) is 0.537. The van der Waals surface area contributed by atoms with Crippen LogP contribution in [0.4, 0.5) is 4.39 Å². The molecule has 0 fully saturated rings. The summed E-state index contributed by atoms with van der Waals surface area (Å²) in [6.07, 6.45) is 0.646. The van der Waals surface area contributed by atoms with Crippen molar-refractivity contribution in [2.75, 3.05) is 7.11 Å². The van der Waals surface area contributed by atoms with Crippen molar-refractivity contribution in [2.24, 2.45) is 0 Å². The zero-order valence-electron chi connectivity index (χ0n) is 19.8. The fourth-order valence-corrected chi connectivity index (χ4v) is 4.04. The van der Waals surface area contributed by atoms with Crippen molar-refractivity contribution in [1.29, 1.82) is 0 Å². The molecule has 1 unspecified atom stereocenters. The molecule has 0 radical (unpaired) electrons. The minimum Gasteiger partial charge on any atom is -0.493 e. The third-order valence-electron chi connectivity index (χ3n) is 5.53. The molecular formula is C29H22BrFN2O4. The molecule has 0 saturated carbocycles. The number of ether oxygens (including phenoxy) is 4. The van der Waals surface area contributed by atoms with Gasteiger partial charge in [-0.05, 0) is 29.8 Å². The molecule has 6 nitrogen and oxygen atoms in total. The van der Waals surface area contributed by atoms with Crippen LogP contribution in [0, 0.1) is 5.82 Å². The van der Waals surface area contributed by atoms with Gasteiger partial charge in [0.25, 0.3) is 0 Å². The van der Waals surface area contributed by atoms with Crippen molar-refractivity contribution in [3.8, 4) is 23.1 Å². The molecule has 0 aliphatic rings. The average molecular weight is 561 g/mol. The summed E-state index contributed by atoms with van der Waals surface area (Å²) in [6, 6.07) is 27.5. The molecule has 0 saturated heterocycles. The highest BCUT2D eigenvalue weighted by Crippen LogP contribution is 2.39. The number of nitrogens with zero attached hydrogens (tertiary/aromatic N) is 2. The Hall–Kier alpha value is -4.01. The Bertz CT molecular complexity index is 1500. The van der Waals surface area contributed by atoms with E-state index >= 15 is 0 Å². The van der Waals surface area contributed by atoms with E-state index < -0.39 is 12.1 Å². The molecular weight excluding hydrogens is 539 g/mol. The second kappa shape index (κ2) is 11.4. The molecule has 0 aliphatic carbocycles. The van der Waals surface area contributed by atoms with E-state index in [4.69, 9.17) is 18.9 Å². The molecule has 1 atom stereocenters. The van der Waals surface area contributed by atoms with Crippen LogP contribution in [0.3, 0.4) is 0 Å². The Morgan fingerprint density at radius 3 is 2.32 bits per heavy atom. The number of hydrogen-bond acceptors (Lipinski definition) is 6. The van der Waals surface area contributed by atoms with Crippen molar-refractivity contribution in [3.05, 3.63) is 119 Å². The highest BCUT2D eigenvalue weighted by atomic mass is 79.9. The van der Waals surface area contributed by atoms with Gasteiger partial charge in [0, 0.05) is 16.1 Å². The van der Waals surface area contributed by atoms with Gasteiger partial charge in [0.05, 0.1) is 24.6 Å². The van der Waals surface area contributed by atoms with Crippen LogP contribution in [0.25, 0.3) is 10.9 Å². The van der Waals surface area contributed by atoms with Gasteiger partial charge in [0.1, 0.15) is 6.33 Å². The van der Waals surface area contributed by atoms with E-state index in [0.29, 0.717) is 33.5 Å². The number of methoxy groups -OCH3 is 1. The smallest absolute Gasteiger partial charge is 0.230 e. The van der Waals surface area contributed by atoms with Gasteiger partial charge in [0.15, 0.2) is 23.1 Å². The predicted octanol–water partition coefficient (Wildman–Crippen LogP) is 7.63. The lowest BCUT2D eigenvalue weighted by Gasteiger charge is -2.22. The van der Waals surface area contributed by atoms with E-state index in [1.54, 1.807) is 18.2 Å². The minimum absolute atomic E-state index is 0.0425. The molecule has 0 amide bonds. The second-order valence-electron chi connectivity index (χ2n) is 8.03. The molecule has 4 aromatic carbocycles. The first-order chi connectivity index (χ1) is 18.1. The highest BCUT2D eigenvalue weighted by Gasteiger charge is 2.20. The number of halogens is 2. The van der Waals surface area contributed by atoms with E-state index in [9.17, 15) is 4.39 Å². The van der Waals surface area contributed by atoms with Gasteiger partial charge in [0.2, 0.25) is 12.2 Å². The van der Waals surface area contributed by atoms with Gasteiger partial charge < -0.3 is 18.9 Å². The van der Waals surface area contributed by atoms with E-state index in [0.717, 1.165) is 11.1 Å². The molecule has 0 N–H and O–H groups in total. The van der Waals surface area contributed by atoms with Crippen LogP contribution in [-0.4, -0.2) is 17.1 Å². The van der Waals surface area contributed by atoms with Gasteiger partial charge in [-0.25, -0.2) is 14.4 Å². The normalized spacial score (nSPS) is 11.8. The summed E-state index contributed by atoms with van der Waals surface area (Å²) < 4.78 is 38.9. The fourth-order valence-electron chi connectivity index (χ4n) is 3.71. The Balaban J connectivity index is 1.47. The quantitative estimate of drug-likeness (QED) is 0.173. The van der Waals surface area contributed by atoms with E-state index in [-0.39, 0.29) is 11.6 Å². The minimum atomic E-state index is -0.706. The predicted molar refractivity (Wildman–Crippen MR) is 141 cm³/mol. The third kappa shape index (κ3) is 5.87. The zero-order chi connectivity index (χ0) is 25.6. The first kappa shape index (κ1) is 24.7.